The molecule has 0 aliphatic rings. The fourth-order valence-corrected chi connectivity index (χ4v) is 6.71. The summed E-state index contributed by atoms with van der Waals surface area (Å²) in [7, 11) is 0. The zero-order valence-electron chi connectivity index (χ0n) is 36.4. The summed E-state index contributed by atoms with van der Waals surface area (Å²) in [5.41, 5.74) is 13.1. The molecular formula is C53H60N4O4. The molecule has 2 amide bonds. The average Bonchev–Trinajstić information content (AvgIpc) is 3.24. The van der Waals surface area contributed by atoms with Crippen LogP contribution in [0.1, 0.15) is 97.2 Å². The van der Waals surface area contributed by atoms with Crippen molar-refractivity contribution in [1.82, 2.24) is 10.6 Å². The average molecular weight is 817 g/mol. The highest BCUT2D eigenvalue weighted by molar-refractivity contribution is 5.85. The number of anilines is 2. The Morgan fingerprint density at radius 2 is 0.639 bits per heavy atom. The molecular weight excluding hydrogens is 757 g/mol. The minimum absolute atomic E-state index is 0.151. The van der Waals surface area contributed by atoms with Crippen LogP contribution in [-0.4, -0.2) is 12.2 Å². The van der Waals surface area contributed by atoms with E-state index in [0.717, 1.165) is 48.4 Å². The SMILES string of the molecule is CC(C)(C)c1ccc(CNCc2ccc(COC(=O)Nc3ccc(Cc4ccc(NC(=O)OCc5ccc(CNCc6ccc(C(C)(C)C)cc6)cc5)cc4)cc3)cc2)cc1. The molecule has 6 aromatic carbocycles. The maximum Gasteiger partial charge on any atom is 0.411 e. The van der Waals surface area contributed by atoms with Crippen molar-refractivity contribution in [2.45, 2.75) is 98.2 Å². The van der Waals surface area contributed by atoms with Gasteiger partial charge >= 0.3 is 12.2 Å². The maximum atomic E-state index is 12.5. The maximum absolute atomic E-state index is 12.5. The number of carbonyl (C=O) groups excluding carboxylic acids is 2. The lowest BCUT2D eigenvalue weighted by molar-refractivity contribution is 0.154. The third kappa shape index (κ3) is 14.5. The fraction of sp³-hybridized carbons (Fsp3) is 0.283. The summed E-state index contributed by atoms with van der Waals surface area (Å²) >= 11 is 0. The predicted octanol–water partition coefficient (Wildman–Crippen LogP) is 11.9. The van der Waals surface area contributed by atoms with Crippen molar-refractivity contribution in [3.8, 4) is 0 Å². The number of nitrogens with one attached hydrogen (secondary N) is 4. The molecule has 0 atom stereocenters. The zero-order chi connectivity index (χ0) is 43.2. The van der Waals surface area contributed by atoms with E-state index in [1.54, 1.807) is 0 Å². The second-order valence-corrected chi connectivity index (χ2v) is 17.7. The molecule has 8 heteroatoms. The van der Waals surface area contributed by atoms with Gasteiger partial charge in [0.05, 0.1) is 0 Å². The minimum Gasteiger partial charge on any atom is -0.444 e. The van der Waals surface area contributed by atoms with Crippen molar-refractivity contribution in [2.24, 2.45) is 0 Å². The first-order valence-electron chi connectivity index (χ1n) is 21.1. The lowest BCUT2D eigenvalue weighted by Gasteiger charge is -2.19. The van der Waals surface area contributed by atoms with Gasteiger partial charge in [0.15, 0.2) is 0 Å². The van der Waals surface area contributed by atoms with E-state index in [1.165, 1.54) is 33.4 Å². The van der Waals surface area contributed by atoms with Crippen LogP contribution in [0.15, 0.2) is 146 Å². The van der Waals surface area contributed by atoms with Crippen LogP contribution in [0.2, 0.25) is 0 Å². The topological polar surface area (TPSA) is 101 Å². The number of amides is 2. The Kier molecular flexibility index (Phi) is 15.1. The summed E-state index contributed by atoms with van der Waals surface area (Å²) in [5.74, 6) is 0. The van der Waals surface area contributed by atoms with Crippen molar-refractivity contribution in [1.29, 1.82) is 0 Å². The van der Waals surface area contributed by atoms with Crippen molar-refractivity contribution >= 4 is 23.6 Å². The van der Waals surface area contributed by atoms with Crippen LogP contribution in [0.25, 0.3) is 0 Å². The van der Waals surface area contributed by atoms with Gasteiger partial charge in [0.2, 0.25) is 0 Å². The van der Waals surface area contributed by atoms with Crippen LogP contribution in [0.5, 0.6) is 0 Å². The Bertz CT molecular complexity index is 2120. The quantitative estimate of drug-likeness (QED) is 0.0776. The molecule has 0 aliphatic carbocycles. The Morgan fingerprint density at radius 1 is 0.377 bits per heavy atom. The molecule has 61 heavy (non-hydrogen) atoms. The largest absolute Gasteiger partial charge is 0.444 e. The molecule has 0 aliphatic heterocycles. The van der Waals surface area contributed by atoms with E-state index in [-0.39, 0.29) is 24.0 Å². The van der Waals surface area contributed by atoms with E-state index in [2.05, 4.69) is 136 Å². The minimum atomic E-state index is -0.507. The van der Waals surface area contributed by atoms with Crippen molar-refractivity contribution in [3.05, 3.63) is 201 Å². The van der Waals surface area contributed by atoms with E-state index in [9.17, 15) is 9.59 Å². The molecule has 8 nitrogen and oxygen atoms in total. The summed E-state index contributed by atoms with van der Waals surface area (Å²) in [4.78, 5) is 25.1. The molecule has 6 rings (SSSR count). The zero-order valence-corrected chi connectivity index (χ0v) is 36.4. The summed E-state index contributed by atoms with van der Waals surface area (Å²) < 4.78 is 11.0. The van der Waals surface area contributed by atoms with Gasteiger partial charge in [-0.3, -0.25) is 10.6 Å². The molecule has 0 bridgehead atoms. The van der Waals surface area contributed by atoms with E-state index in [1.807, 2.05) is 72.8 Å². The molecule has 0 aromatic heterocycles. The molecule has 316 valence electrons. The van der Waals surface area contributed by atoms with Crippen LogP contribution in [0.4, 0.5) is 21.0 Å². The highest BCUT2D eigenvalue weighted by atomic mass is 16.6. The summed E-state index contributed by atoms with van der Waals surface area (Å²) in [6.45, 7) is 16.8. The Balaban J connectivity index is 0.844. The molecule has 0 radical (unpaired) electrons. The van der Waals surface area contributed by atoms with Gasteiger partial charge < -0.3 is 20.1 Å². The van der Waals surface area contributed by atoms with E-state index in [0.29, 0.717) is 17.8 Å². The first kappa shape index (κ1) is 44.3. The second kappa shape index (κ2) is 20.8. The van der Waals surface area contributed by atoms with Crippen molar-refractivity contribution in [2.75, 3.05) is 10.6 Å². The standard InChI is InChI=1S/C53H60N4O4/c1-52(2,3)46-23-15-42(16-24-46)34-54-32-40-7-11-44(12-8-40)36-60-50(58)56-48-27-19-38(20-28-48)31-39-21-29-49(30-22-39)57-51(59)61-37-45-13-9-41(10-14-45)33-55-35-43-17-25-47(26-18-43)53(4,5)6/h7-30,54-55H,31-37H2,1-6H3,(H,56,58)(H,57,59). The van der Waals surface area contributed by atoms with Crippen LogP contribution >= 0.6 is 0 Å². The number of hydrogen-bond donors (Lipinski definition) is 4. The summed E-state index contributed by atoms with van der Waals surface area (Å²) in [6.07, 6.45) is -0.317. The van der Waals surface area contributed by atoms with Gasteiger partial charge in [-0.05, 0) is 97.2 Å². The third-order valence-electron chi connectivity index (χ3n) is 10.6. The van der Waals surface area contributed by atoms with Crippen LogP contribution in [-0.2, 0) is 66.1 Å². The van der Waals surface area contributed by atoms with Gasteiger partial charge in [-0.25, -0.2) is 9.59 Å². The molecule has 0 unspecified atom stereocenters. The monoisotopic (exact) mass is 816 g/mol. The summed E-state index contributed by atoms with van der Waals surface area (Å²) in [5, 5.41) is 12.6. The Morgan fingerprint density at radius 3 is 0.934 bits per heavy atom. The fourth-order valence-electron chi connectivity index (χ4n) is 6.71. The van der Waals surface area contributed by atoms with Crippen LogP contribution < -0.4 is 21.3 Å². The number of ether oxygens (including phenoxy) is 2. The highest BCUT2D eigenvalue weighted by Crippen LogP contribution is 2.24. The summed E-state index contributed by atoms with van der Waals surface area (Å²) in [6, 6.07) is 49.1. The molecule has 0 saturated heterocycles. The van der Waals surface area contributed by atoms with Gasteiger partial charge in [-0.15, -0.1) is 0 Å². The number of benzene rings is 6. The lowest BCUT2D eigenvalue weighted by atomic mass is 9.87. The molecule has 0 fully saturated rings. The number of rotatable bonds is 16. The molecule has 0 heterocycles. The van der Waals surface area contributed by atoms with E-state index >= 15 is 0 Å². The number of hydrogen-bond acceptors (Lipinski definition) is 6. The second-order valence-electron chi connectivity index (χ2n) is 17.7. The third-order valence-corrected chi connectivity index (χ3v) is 10.6. The van der Waals surface area contributed by atoms with Gasteiger partial charge in [-0.1, -0.05) is 163 Å². The number of carbonyl (C=O) groups is 2. The first-order valence-corrected chi connectivity index (χ1v) is 21.1. The lowest BCUT2D eigenvalue weighted by Crippen LogP contribution is -2.14. The van der Waals surface area contributed by atoms with Crippen molar-refractivity contribution < 1.29 is 19.1 Å². The van der Waals surface area contributed by atoms with Crippen molar-refractivity contribution in [3.63, 3.8) is 0 Å². The van der Waals surface area contributed by atoms with Gasteiger partial charge in [-0.2, -0.15) is 0 Å². The first-order chi connectivity index (χ1) is 29.2. The molecule has 0 spiro atoms. The molecule has 0 saturated carbocycles. The van der Waals surface area contributed by atoms with Crippen LogP contribution in [0.3, 0.4) is 0 Å². The van der Waals surface area contributed by atoms with Gasteiger partial charge in [0.25, 0.3) is 0 Å². The highest BCUT2D eigenvalue weighted by Gasteiger charge is 2.14. The van der Waals surface area contributed by atoms with E-state index in [4.69, 9.17) is 9.47 Å². The van der Waals surface area contributed by atoms with Crippen LogP contribution in [0, 0.1) is 0 Å². The van der Waals surface area contributed by atoms with E-state index < -0.39 is 12.2 Å². The Labute approximate surface area is 362 Å². The predicted molar refractivity (Wildman–Crippen MR) is 248 cm³/mol. The smallest absolute Gasteiger partial charge is 0.411 e. The molecule has 6 aromatic rings. The van der Waals surface area contributed by atoms with Gasteiger partial charge in [0, 0.05) is 37.6 Å². The Hall–Kier alpha value is -6.22. The van der Waals surface area contributed by atoms with Gasteiger partial charge in [0.1, 0.15) is 13.2 Å². The normalized spacial score (nSPS) is 11.5. The molecule has 4 N–H and O–H groups in total.